The molecule has 0 spiro atoms. The summed E-state index contributed by atoms with van der Waals surface area (Å²) in [6.45, 7) is 4.92. The van der Waals surface area contributed by atoms with Crippen molar-refractivity contribution < 1.29 is 14.0 Å². The number of aromatic amines is 1. The van der Waals surface area contributed by atoms with Crippen LogP contribution in [0.5, 0.6) is 0 Å². The van der Waals surface area contributed by atoms with Crippen molar-refractivity contribution in [2.45, 2.75) is 19.9 Å². The molecule has 1 aromatic carbocycles. The Balaban J connectivity index is 1.61. The first-order chi connectivity index (χ1) is 12.5. The highest BCUT2D eigenvalue weighted by Crippen LogP contribution is 2.45. The Bertz CT molecular complexity index is 867. The molecule has 0 saturated carbocycles. The van der Waals surface area contributed by atoms with Crippen LogP contribution in [0.2, 0.25) is 0 Å². The smallest absolute Gasteiger partial charge is 0.276 e. The molecule has 0 radical (unpaired) electrons. The first-order valence-electron chi connectivity index (χ1n) is 8.65. The Kier molecular flexibility index (Phi) is 3.97. The normalized spacial score (nSPS) is 24.8. The van der Waals surface area contributed by atoms with E-state index >= 15 is 0 Å². The number of carbonyl (C=O) groups is 2. The van der Waals surface area contributed by atoms with Crippen LogP contribution < -0.4 is 0 Å². The van der Waals surface area contributed by atoms with Crippen molar-refractivity contribution in [3.63, 3.8) is 0 Å². The lowest BCUT2D eigenvalue weighted by Crippen LogP contribution is -2.36. The number of nitrogens with one attached hydrogen (secondary N) is 1. The Morgan fingerprint density at radius 1 is 1.23 bits per heavy atom. The van der Waals surface area contributed by atoms with Crippen molar-refractivity contribution in [2.75, 3.05) is 19.6 Å². The van der Waals surface area contributed by atoms with Gasteiger partial charge in [0.15, 0.2) is 5.69 Å². The van der Waals surface area contributed by atoms with Gasteiger partial charge in [-0.1, -0.05) is 12.1 Å². The molecule has 2 aliphatic rings. The zero-order valence-electron chi connectivity index (χ0n) is 14.6. The van der Waals surface area contributed by atoms with Crippen molar-refractivity contribution in [3.05, 3.63) is 47.0 Å². The molecule has 4 rings (SSSR count). The number of halogens is 1. The van der Waals surface area contributed by atoms with Gasteiger partial charge in [-0.2, -0.15) is 15.4 Å². The number of aromatic nitrogens is 3. The summed E-state index contributed by atoms with van der Waals surface area (Å²) in [6.07, 6.45) is 0. The largest absolute Gasteiger partial charge is 0.336 e. The van der Waals surface area contributed by atoms with E-state index in [0.717, 1.165) is 5.56 Å². The quantitative estimate of drug-likeness (QED) is 0.884. The van der Waals surface area contributed by atoms with Gasteiger partial charge >= 0.3 is 0 Å². The van der Waals surface area contributed by atoms with Gasteiger partial charge in [-0.25, -0.2) is 4.39 Å². The van der Waals surface area contributed by atoms with Gasteiger partial charge in [0.1, 0.15) is 5.82 Å². The number of hydrogen-bond donors (Lipinski definition) is 1. The monoisotopic (exact) mass is 357 g/mol. The number of fused-ring (bicyclic) bond motifs is 1. The third kappa shape index (κ3) is 2.65. The fraction of sp³-hybridized carbons (Fsp3) is 0.444. The number of amides is 2. The molecule has 7 nitrogen and oxygen atoms in total. The lowest BCUT2D eigenvalue weighted by atomic mass is 9.89. The molecule has 2 aliphatic heterocycles. The average Bonchev–Trinajstić information content (AvgIpc) is 3.27. The minimum absolute atomic E-state index is 0.0288. The second-order valence-electron chi connectivity index (χ2n) is 7.06. The average molecular weight is 357 g/mol. The summed E-state index contributed by atoms with van der Waals surface area (Å²) in [5, 5.41) is 10.3. The van der Waals surface area contributed by atoms with E-state index in [1.165, 1.54) is 19.1 Å². The van der Waals surface area contributed by atoms with Crippen LogP contribution in [0.1, 0.15) is 34.7 Å². The molecule has 2 aromatic rings. The van der Waals surface area contributed by atoms with Gasteiger partial charge in [-0.15, -0.1) is 0 Å². The SMILES string of the molecule is CC(=O)N1C[C@H]2CN(C(=O)c3n[nH]nc3C)C[C@H]2[C@H]1c1cccc(F)c1. The lowest BCUT2D eigenvalue weighted by molar-refractivity contribution is -0.130. The van der Waals surface area contributed by atoms with E-state index in [2.05, 4.69) is 15.4 Å². The van der Waals surface area contributed by atoms with E-state index in [1.54, 1.807) is 22.8 Å². The number of carbonyl (C=O) groups excluding carboxylic acids is 2. The van der Waals surface area contributed by atoms with Crippen LogP contribution in [0.25, 0.3) is 0 Å². The van der Waals surface area contributed by atoms with E-state index in [4.69, 9.17) is 0 Å². The van der Waals surface area contributed by atoms with Gasteiger partial charge in [0, 0.05) is 38.4 Å². The van der Waals surface area contributed by atoms with Crippen LogP contribution in [0.15, 0.2) is 24.3 Å². The maximum Gasteiger partial charge on any atom is 0.276 e. The number of likely N-dealkylation sites (tertiary alicyclic amines) is 2. The number of aryl methyl sites for hydroxylation is 1. The summed E-state index contributed by atoms with van der Waals surface area (Å²) in [4.78, 5) is 28.4. The lowest BCUT2D eigenvalue weighted by Gasteiger charge is -2.29. The van der Waals surface area contributed by atoms with E-state index in [1.807, 2.05) is 6.07 Å². The molecule has 1 N–H and O–H groups in total. The topological polar surface area (TPSA) is 82.2 Å². The molecule has 0 unspecified atom stereocenters. The number of benzene rings is 1. The van der Waals surface area contributed by atoms with Crippen molar-refractivity contribution >= 4 is 11.8 Å². The zero-order chi connectivity index (χ0) is 18.4. The third-order valence-corrected chi connectivity index (χ3v) is 5.47. The first-order valence-corrected chi connectivity index (χ1v) is 8.65. The Hall–Kier alpha value is -2.77. The zero-order valence-corrected chi connectivity index (χ0v) is 14.6. The van der Waals surface area contributed by atoms with Crippen LogP contribution in [0.4, 0.5) is 4.39 Å². The summed E-state index contributed by atoms with van der Waals surface area (Å²) >= 11 is 0. The standard InChI is InChI=1S/C18H20FN5O2/c1-10-16(21-22-20-10)18(26)23-7-13-8-24(11(2)25)17(15(13)9-23)12-4-3-5-14(19)6-12/h3-6,13,15,17H,7-9H2,1-2H3,(H,20,21,22)/t13-,15-,17-/m1/s1. The summed E-state index contributed by atoms with van der Waals surface area (Å²) < 4.78 is 13.7. The molecule has 3 heterocycles. The minimum atomic E-state index is -0.321. The maximum atomic E-state index is 13.7. The fourth-order valence-electron chi connectivity index (χ4n) is 4.29. The van der Waals surface area contributed by atoms with Crippen molar-refractivity contribution in [2.24, 2.45) is 11.8 Å². The third-order valence-electron chi connectivity index (χ3n) is 5.47. The highest BCUT2D eigenvalue weighted by atomic mass is 19.1. The van der Waals surface area contributed by atoms with E-state index < -0.39 is 0 Å². The second kappa shape index (κ2) is 6.19. The molecule has 3 atom stereocenters. The van der Waals surface area contributed by atoms with Gasteiger partial charge < -0.3 is 9.80 Å². The molecule has 1 aromatic heterocycles. The van der Waals surface area contributed by atoms with E-state index in [9.17, 15) is 14.0 Å². The van der Waals surface area contributed by atoms with Gasteiger partial charge in [0.05, 0.1) is 11.7 Å². The predicted octanol–water partition coefficient (Wildman–Crippen LogP) is 1.54. The Labute approximate surface area is 150 Å². The predicted molar refractivity (Wildman–Crippen MR) is 90.5 cm³/mol. The van der Waals surface area contributed by atoms with Crippen molar-refractivity contribution in [3.8, 4) is 0 Å². The first kappa shape index (κ1) is 16.7. The van der Waals surface area contributed by atoms with Gasteiger partial charge in [0.25, 0.3) is 5.91 Å². The molecule has 0 aliphatic carbocycles. The molecule has 26 heavy (non-hydrogen) atoms. The maximum absolute atomic E-state index is 13.7. The van der Waals surface area contributed by atoms with Crippen LogP contribution >= 0.6 is 0 Å². The summed E-state index contributed by atoms with van der Waals surface area (Å²) in [7, 11) is 0. The van der Waals surface area contributed by atoms with Gasteiger partial charge in [-0.3, -0.25) is 9.59 Å². The highest BCUT2D eigenvalue weighted by molar-refractivity contribution is 5.93. The molecule has 136 valence electrons. The number of hydrogen-bond acceptors (Lipinski definition) is 4. The van der Waals surface area contributed by atoms with Crippen LogP contribution in [-0.2, 0) is 4.79 Å². The van der Waals surface area contributed by atoms with Crippen molar-refractivity contribution in [1.82, 2.24) is 25.2 Å². The Morgan fingerprint density at radius 2 is 2.04 bits per heavy atom. The number of H-pyrrole nitrogens is 1. The summed E-state index contributed by atoms with van der Waals surface area (Å²) in [5.74, 6) is -0.254. The second-order valence-corrected chi connectivity index (χ2v) is 7.06. The molecular weight excluding hydrogens is 337 g/mol. The molecule has 8 heteroatoms. The highest BCUT2D eigenvalue weighted by Gasteiger charge is 2.49. The van der Waals surface area contributed by atoms with Gasteiger partial charge in [-0.05, 0) is 24.6 Å². The molecule has 0 bridgehead atoms. The van der Waals surface area contributed by atoms with Crippen molar-refractivity contribution in [1.29, 1.82) is 0 Å². The number of rotatable bonds is 2. The van der Waals surface area contributed by atoms with Gasteiger partial charge in [0.2, 0.25) is 5.91 Å². The fourth-order valence-corrected chi connectivity index (χ4v) is 4.29. The van der Waals surface area contributed by atoms with E-state index in [-0.39, 0.29) is 35.5 Å². The number of nitrogens with zero attached hydrogens (tertiary/aromatic N) is 4. The molecule has 2 fully saturated rings. The minimum Gasteiger partial charge on any atom is -0.336 e. The summed E-state index contributed by atoms with van der Waals surface area (Å²) in [6, 6.07) is 6.16. The molecule has 2 saturated heterocycles. The summed E-state index contributed by atoms with van der Waals surface area (Å²) in [5.41, 5.74) is 1.68. The van der Waals surface area contributed by atoms with Crippen LogP contribution in [0.3, 0.4) is 0 Å². The van der Waals surface area contributed by atoms with Crippen LogP contribution in [-0.4, -0.2) is 56.7 Å². The van der Waals surface area contributed by atoms with E-state index in [0.29, 0.717) is 31.0 Å². The Morgan fingerprint density at radius 3 is 2.69 bits per heavy atom. The van der Waals surface area contributed by atoms with Crippen LogP contribution in [0, 0.1) is 24.6 Å². The molecule has 2 amide bonds. The molecular formula is C18H20FN5O2.